The lowest BCUT2D eigenvalue weighted by Gasteiger charge is -2.25. The van der Waals surface area contributed by atoms with Crippen molar-refractivity contribution in [1.29, 1.82) is 0 Å². The Bertz CT molecular complexity index is 186. The Morgan fingerprint density at radius 2 is 1.53 bits per heavy atom. The van der Waals surface area contributed by atoms with E-state index in [2.05, 4.69) is 42.8 Å². The maximum Gasteiger partial charge on any atom is 0.0791 e. The van der Waals surface area contributed by atoms with Gasteiger partial charge in [0, 0.05) is 13.1 Å². The van der Waals surface area contributed by atoms with Crippen LogP contribution in [0.4, 0.5) is 0 Å². The molecule has 2 N–H and O–H groups in total. The first-order valence-electron chi connectivity index (χ1n) is 8.01. The lowest BCUT2D eigenvalue weighted by atomic mass is 10.2. The highest BCUT2D eigenvalue weighted by Crippen LogP contribution is 1.97. The molecule has 0 aromatic carbocycles. The van der Waals surface area contributed by atoms with Crippen molar-refractivity contribution in [3.05, 3.63) is 0 Å². The zero-order chi connectivity index (χ0) is 14.5. The zero-order valence-corrected chi connectivity index (χ0v) is 13.5. The van der Waals surface area contributed by atoms with E-state index < -0.39 is 0 Å². The number of nitrogens with zero attached hydrogens (tertiary/aromatic N) is 2. The smallest absolute Gasteiger partial charge is 0.0791 e. The molecular weight excluding hydrogens is 238 g/mol. The molecule has 116 valence electrons. The molecule has 0 saturated heterocycles. The van der Waals surface area contributed by atoms with Crippen molar-refractivity contribution in [3.63, 3.8) is 0 Å². The Hall–Kier alpha value is -0.160. The van der Waals surface area contributed by atoms with Gasteiger partial charge < -0.3 is 20.2 Å². The molecule has 0 aliphatic heterocycles. The van der Waals surface area contributed by atoms with Crippen LogP contribution in [0.1, 0.15) is 40.5 Å². The largest absolute Gasteiger partial charge is 0.390 e. The van der Waals surface area contributed by atoms with Crippen LogP contribution < -0.4 is 5.32 Å². The molecule has 0 aliphatic rings. The van der Waals surface area contributed by atoms with E-state index in [-0.39, 0.29) is 6.10 Å². The van der Waals surface area contributed by atoms with Crippen LogP contribution in [0.25, 0.3) is 0 Å². The summed E-state index contributed by atoms with van der Waals surface area (Å²) in [6.45, 7) is 16.7. The lowest BCUT2D eigenvalue weighted by Crippen LogP contribution is -2.39. The molecule has 0 aromatic rings. The number of likely N-dealkylation sites (N-methyl/N-ethyl adjacent to an activating group) is 1. The number of hydrogen-bond acceptors (Lipinski definition) is 4. The second-order valence-corrected chi connectivity index (χ2v) is 5.13. The van der Waals surface area contributed by atoms with Crippen LogP contribution in [0, 0.1) is 0 Å². The van der Waals surface area contributed by atoms with Crippen LogP contribution in [0.5, 0.6) is 0 Å². The fourth-order valence-electron chi connectivity index (χ4n) is 2.24. The summed E-state index contributed by atoms with van der Waals surface area (Å²) in [6.07, 6.45) is 2.05. The van der Waals surface area contributed by atoms with Gasteiger partial charge in [-0.25, -0.2) is 0 Å². The van der Waals surface area contributed by atoms with Gasteiger partial charge in [-0.05, 0) is 52.1 Å². The summed E-state index contributed by atoms with van der Waals surface area (Å²) >= 11 is 0. The third-order valence-corrected chi connectivity index (χ3v) is 3.57. The van der Waals surface area contributed by atoms with E-state index in [1.165, 1.54) is 6.42 Å². The lowest BCUT2D eigenvalue weighted by molar-refractivity contribution is 0.111. The maximum absolute atomic E-state index is 9.96. The molecule has 0 heterocycles. The first-order chi connectivity index (χ1) is 9.17. The highest BCUT2D eigenvalue weighted by Gasteiger charge is 2.10. The third kappa shape index (κ3) is 10.3. The van der Waals surface area contributed by atoms with Gasteiger partial charge in [0.05, 0.1) is 6.10 Å². The summed E-state index contributed by atoms with van der Waals surface area (Å²) < 4.78 is 0. The van der Waals surface area contributed by atoms with Crippen LogP contribution in [0.15, 0.2) is 0 Å². The van der Waals surface area contributed by atoms with Crippen molar-refractivity contribution in [2.75, 3.05) is 52.4 Å². The zero-order valence-electron chi connectivity index (χ0n) is 13.5. The highest BCUT2D eigenvalue weighted by molar-refractivity contribution is 4.67. The van der Waals surface area contributed by atoms with E-state index in [0.29, 0.717) is 6.54 Å². The standard InChI is InChI=1S/C15H35N3O/c1-5-10-16-13-15(19)14-18(8-4)12-9-11-17(6-2)7-3/h15-16,19H,5-14H2,1-4H3. The minimum absolute atomic E-state index is 0.250. The maximum atomic E-state index is 9.96. The van der Waals surface area contributed by atoms with Gasteiger partial charge in [-0.2, -0.15) is 0 Å². The van der Waals surface area contributed by atoms with Gasteiger partial charge in [-0.1, -0.05) is 27.7 Å². The number of nitrogens with one attached hydrogen (secondary N) is 1. The normalized spacial score (nSPS) is 13.4. The molecule has 0 radical (unpaired) electrons. The van der Waals surface area contributed by atoms with Gasteiger partial charge in [0.1, 0.15) is 0 Å². The molecule has 0 amide bonds. The first-order valence-corrected chi connectivity index (χ1v) is 8.01. The Balaban J connectivity index is 3.75. The first kappa shape index (κ1) is 18.8. The van der Waals surface area contributed by atoms with Gasteiger partial charge in [0.15, 0.2) is 0 Å². The average molecular weight is 273 g/mol. The summed E-state index contributed by atoms with van der Waals surface area (Å²) in [4.78, 5) is 4.80. The van der Waals surface area contributed by atoms with Crippen molar-refractivity contribution in [3.8, 4) is 0 Å². The minimum atomic E-state index is -0.250. The van der Waals surface area contributed by atoms with Gasteiger partial charge in [0.2, 0.25) is 0 Å². The molecule has 0 rings (SSSR count). The van der Waals surface area contributed by atoms with Crippen molar-refractivity contribution < 1.29 is 5.11 Å². The Labute approximate surface area is 120 Å². The van der Waals surface area contributed by atoms with Gasteiger partial charge in [-0.3, -0.25) is 0 Å². The molecule has 1 atom stereocenters. The van der Waals surface area contributed by atoms with Crippen molar-refractivity contribution >= 4 is 0 Å². The van der Waals surface area contributed by atoms with Gasteiger partial charge in [-0.15, -0.1) is 0 Å². The van der Waals surface area contributed by atoms with E-state index >= 15 is 0 Å². The number of aliphatic hydroxyl groups is 1. The monoisotopic (exact) mass is 273 g/mol. The molecule has 1 unspecified atom stereocenters. The van der Waals surface area contributed by atoms with Gasteiger partial charge >= 0.3 is 0 Å². The highest BCUT2D eigenvalue weighted by atomic mass is 16.3. The molecule has 4 nitrogen and oxygen atoms in total. The second-order valence-electron chi connectivity index (χ2n) is 5.13. The van der Waals surface area contributed by atoms with E-state index in [0.717, 1.165) is 52.2 Å². The SMILES string of the molecule is CCCNCC(O)CN(CC)CCCN(CC)CC. The number of rotatable bonds is 13. The van der Waals surface area contributed by atoms with Crippen LogP contribution in [-0.2, 0) is 0 Å². The van der Waals surface area contributed by atoms with Crippen LogP contribution in [0.3, 0.4) is 0 Å². The van der Waals surface area contributed by atoms with Gasteiger partial charge in [0.25, 0.3) is 0 Å². The summed E-state index contributed by atoms with van der Waals surface area (Å²) in [6, 6.07) is 0. The van der Waals surface area contributed by atoms with E-state index in [4.69, 9.17) is 0 Å². The molecule has 0 fully saturated rings. The Kier molecular flexibility index (Phi) is 12.7. The summed E-state index contributed by atoms with van der Waals surface area (Å²) in [5.74, 6) is 0. The molecule has 0 bridgehead atoms. The topological polar surface area (TPSA) is 38.7 Å². The fraction of sp³-hybridized carbons (Fsp3) is 1.00. The average Bonchev–Trinajstić information content (AvgIpc) is 2.42. The third-order valence-electron chi connectivity index (χ3n) is 3.57. The molecule has 19 heavy (non-hydrogen) atoms. The fourth-order valence-corrected chi connectivity index (χ4v) is 2.24. The summed E-state index contributed by atoms with van der Waals surface area (Å²) in [5.41, 5.74) is 0. The Morgan fingerprint density at radius 3 is 2.05 bits per heavy atom. The van der Waals surface area contributed by atoms with Crippen molar-refractivity contribution in [1.82, 2.24) is 15.1 Å². The van der Waals surface area contributed by atoms with Crippen LogP contribution >= 0.6 is 0 Å². The predicted molar refractivity (Wildman–Crippen MR) is 83.7 cm³/mol. The Morgan fingerprint density at radius 1 is 0.947 bits per heavy atom. The van der Waals surface area contributed by atoms with E-state index in [9.17, 15) is 5.11 Å². The van der Waals surface area contributed by atoms with Crippen molar-refractivity contribution in [2.24, 2.45) is 0 Å². The molecule has 0 spiro atoms. The molecule has 4 heteroatoms. The molecular formula is C15H35N3O. The summed E-state index contributed by atoms with van der Waals surface area (Å²) in [7, 11) is 0. The van der Waals surface area contributed by atoms with E-state index in [1.807, 2.05) is 0 Å². The molecule has 0 saturated carbocycles. The van der Waals surface area contributed by atoms with Crippen LogP contribution in [-0.4, -0.2) is 73.4 Å². The molecule has 0 aromatic heterocycles. The second kappa shape index (κ2) is 12.9. The van der Waals surface area contributed by atoms with Crippen molar-refractivity contribution in [2.45, 2.75) is 46.6 Å². The minimum Gasteiger partial charge on any atom is -0.390 e. The predicted octanol–water partition coefficient (Wildman–Crippen LogP) is 1.40. The number of hydrogen-bond donors (Lipinski definition) is 2. The summed E-state index contributed by atoms with van der Waals surface area (Å²) in [5, 5.41) is 13.2. The van der Waals surface area contributed by atoms with Crippen LogP contribution in [0.2, 0.25) is 0 Å². The van der Waals surface area contributed by atoms with E-state index in [1.54, 1.807) is 0 Å². The molecule has 0 aliphatic carbocycles. The number of aliphatic hydroxyl groups excluding tert-OH is 1. The quantitative estimate of drug-likeness (QED) is 0.498.